The molecule has 1 aliphatic heterocycles. The van der Waals surface area contributed by atoms with Gasteiger partial charge in [-0.25, -0.2) is 4.39 Å². The molecule has 2 aromatic rings. The molecule has 21 heavy (non-hydrogen) atoms. The number of benzene rings is 2. The number of piperidine rings is 1. The zero-order chi connectivity index (χ0) is 14.8. The van der Waals surface area contributed by atoms with Gasteiger partial charge in [0.05, 0.1) is 0 Å². The fourth-order valence-electron chi connectivity index (χ4n) is 3.34. The van der Waals surface area contributed by atoms with E-state index < -0.39 is 0 Å². The first kappa shape index (κ1) is 14.7. The molecule has 0 amide bonds. The van der Waals surface area contributed by atoms with Gasteiger partial charge in [0.2, 0.25) is 0 Å². The molecule has 3 heteroatoms. The highest BCUT2D eigenvalue weighted by atomic mass is 79.9. The zero-order valence-electron chi connectivity index (χ0n) is 12.1. The first-order chi connectivity index (χ1) is 10.2. The van der Waals surface area contributed by atoms with Gasteiger partial charge >= 0.3 is 0 Å². The highest BCUT2D eigenvalue weighted by Gasteiger charge is 2.30. The van der Waals surface area contributed by atoms with Crippen molar-refractivity contribution in [3.8, 4) is 0 Å². The minimum Gasteiger partial charge on any atom is -0.316 e. The van der Waals surface area contributed by atoms with E-state index in [1.807, 2.05) is 12.1 Å². The molecule has 0 aliphatic carbocycles. The average Bonchev–Trinajstić information content (AvgIpc) is 2.50. The lowest BCUT2D eigenvalue weighted by Crippen LogP contribution is -2.34. The maximum atomic E-state index is 13.7. The Morgan fingerprint density at radius 2 is 1.90 bits per heavy atom. The second-order valence-corrected chi connectivity index (χ2v) is 6.58. The summed E-state index contributed by atoms with van der Waals surface area (Å²) in [6.07, 6.45) is 1.04. The van der Waals surface area contributed by atoms with Gasteiger partial charge in [0.25, 0.3) is 0 Å². The number of rotatable bonds is 2. The van der Waals surface area contributed by atoms with Gasteiger partial charge < -0.3 is 5.32 Å². The van der Waals surface area contributed by atoms with Gasteiger partial charge in [0, 0.05) is 16.9 Å². The minimum absolute atomic E-state index is 0.139. The molecule has 2 atom stereocenters. The van der Waals surface area contributed by atoms with Crippen LogP contribution in [0.2, 0.25) is 0 Å². The Morgan fingerprint density at radius 1 is 1.10 bits per heavy atom. The third kappa shape index (κ3) is 3.04. The van der Waals surface area contributed by atoms with E-state index in [2.05, 4.69) is 46.4 Å². The van der Waals surface area contributed by atoms with Gasteiger partial charge in [0.15, 0.2) is 0 Å². The molecule has 2 aromatic carbocycles. The van der Waals surface area contributed by atoms with E-state index in [4.69, 9.17) is 0 Å². The summed E-state index contributed by atoms with van der Waals surface area (Å²) in [6.45, 7) is 4.00. The molecular weight excluding hydrogens is 329 g/mol. The molecular formula is C18H19BrFN. The largest absolute Gasteiger partial charge is 0.316 e. The summed E-state index contributed by atoms with van der Waals surface area (Å²) >= 11 is 3.66. The second-order valence-electron chi connectivity index (χ2n) is 5.73. The Morgan fingerprint density at radius 3 is 2.71 bits per heavy atom. The Labute approximate surface area is 133 Å². The van der Waals surface area contributed by atoms with E-state index >= 15 is 0 Å². The summed E-state index contributed by atoms with van der Waals surface area (Å²) in [4.78, 5) is 0. The van der Waals surface area contributed by atoms with Gasteiger partial charge in [-0.3, -0.25) is 0 Å². The van der Waals surface area contributed by atoms with Crippen LogP contribution in [-0.4, -0.2) is 13.1 Å². The van der Waals surface area contributed by atoms with Crippen molar-refractivity contribution in [2.75, 3.05) is 13.1 Å². The van der Waals surface area contributed by atoms with Crippen molar-refractivity contribution in [2.45, 2.75) is 25.2 Å². The van der Waals surface area contributed by atoms with E-state index in [0.717, 1.165) is 29.5 Å². The molecule has 0 bridgehead atoms. The minimum atomic E-state index is -0.139. The van der Waals surface area contributed by atoms with Gasteiger partial charge in [-0.2, -0.15) is 0 Å². The molecule has 0 spiro atoms. The Balaban J connectivity index is 2.02. The van der Waals surface area contributed by atoms with Crippen LogP contribution in [0.15, 0.2) is 46.9 Å². The van der Waals surface area contributed by atoms with Crippen molar-refractivity contribution >= 4 is 15.9 Å². The number of halogens is 2. The van der Waals surface area contributed by atoms with E-state index in [1.54, 1.807) is 12.1 Å². The molecule has 1 saturated heterocycles. The quantitative estimate of drug-likeness (QED) is 0.825. The second kappa shape index (κ2) is 6.29. The fraction of sp³-hybridized carbons (Fsp3) is 0.333. The van der Waals surface area contributed by atoms with Gasteiger partial charge in [-0.05, 0) is 60.7 Å². The lowest BCUT2D eigenvalue weighted by Gasteiger charge is -2.34. The predicted molar refractivity (Wildman–Crippen MR) is 88.2 cm³/mol. The summed E-state index contributed by atoms with van der Waals surface area (Å²) in [7, 11) is 0. The normalized spacial score (nSPS) is 22.2. The molecule has 2 unspecified atom stereocenters. The van der Waals surface area contributed by atoms with Crippen molar-refractivity contribution in [3.05, 3.63) is 69.4 Å². The van der Waals surface area contributed by atoms with Gasteiger partial charge in [0.1, 0.15) is 5.82 Å². The van der Waals surface area contributed by atoms with Crippen LogP contribution in [0.25, 0.3) is 0 Å². The number of hydrogen-bond acceptors (Lipinski definition) is 1. The van der Waals surface area contributed by atoms with Crippen LogP contribution in [-0.2, 0) is 0 Å². The maximum Gasteiger partial charge on any atom is 0.123 e. The molecule has 1 aliphatic rings. The lowest BCUT2D eigenvalue weighted by molar-refractivity contribution is 0.401. The van der Waals surface area contributed by atoms with E-state index in [0.29, 0.717) is 11.8 Å². The highest BCUT2D eigenvalue weighted by Crippen LogP contribution is 2.41. The van der Waals surface area contributed by atoms with Crippen molar-refractivity contribution < 1.29 is 4.39 Å². The molecule has 110 valence electrons. The Kier molecular flexibility index (Phi) is 4.41. The van der Waals surface area contributed by atoms with Crippen LogP contribution in [0, 0.1) is 12.7 Å². The van der Waals surface area contributed by atoms with Crippen molar-refractivity contribution in [3.63, 3.8) is 0 Å². The molecule has 3 rings (SSSR count). The smallest absolute Gasteiger partial charge is 0.123 e. The predicted octanol–water partition coefficient (Wildman–Crippen LogP) is 4.76. The standard InChI is InChI=1S/C18H19BrFN/c1-12-6-7-13(20)10-16(12)14-8-9-21-11-17(14)15-4-2-3-5-18(15)19/h2-7,10,14,17,21H,8-9,11H2,1H3. The van der Waals surface area contributed by atoms with E-state index in [-0.39, 0.29) is 5.82 Å². The topological polar surface area (TPSA) is 12.0 Å². The van der Waals surface area contributed by atoms with Crippen LogP contribution < -0.4 is 5.32 Å². The number of aryl methyl sites for hydroxylation is 1. The molecule has 0 saturated carbocycles. The SMILES string of the molecule is Cc1ccc(F)cc1C1CCNCC1c1ccccc1Br. The Bertz CT molecular complexity index is 641. The highest BCUT2D eigenvalue weighted by molar-refractivity contribution is 9.10. The molecule has 1 heterocycles. The summed E-state index contributed by atoms with van der Waals surface area (Å²) in [5.41, 5.74) is 3.64. The van der Waals surface area contributed by atoms with E-state index in [9.17, 15) is 4.39 Å². The summed E-state index contributed by atoms with van der Waals surface area (Å²) in [5, 5.41) is 3.48. The first-order valence-corrected chi connectivity index (χ1v) is 8.17. The fourth-order valence-corrected chi connectivity index (χ4v) is 3.92. The maximum absolute atomic E-state index is 13.7. The average molecular weight is 348 g/mol. The number of hydrogen-bond donors (Lipinski definition) is 1. The molecule has 1 nitrogen and oxygen atoms in total. The van der Waals surface area contributed by atoms with Gasteiger partial charge in [-0.1, -0.05) is 40.2 Å². The van der Waals surface area contributed by atoms with E-state index in [1.165, 1.54) is 11.1 Å². The molecule has 1 fully saturated rings. The van der Waals surface area contributed by atoms with Crippen LogP contribution in [0.3, 0.4) is 0 Å². The Hall–Kier alpha value is -1.19. The van der Waals surface area contributed by atoms with Gasteiger partial charge in [-0.15, -0.1) is 0 Å². The van der Waals surface area contributed by atoms with Crippen molar-refractivity contribution in [1.29, 1.82) is 0 Å². The molecule has 0 radical (unpaired) electrons. The third-order valence-corrected chi connectivity index (χ3v) is 5.15. The summed E-state index contributed by atoms with van der Waals surface area (Å²) < 4.78 is 14.8. The molecule has 1 N–H and O–H groups in total. The summed E-state index contributed by atoms with van der Waals surface area (Å²) in [5.74, 6) is 0.593. The number of nitrogens with one attached hydrogen (secondary N) is 1. The van der Waals surface area contributed by atoms with Crippen molar-refractivity contribution in [1.82, 2.24) is 5.32 Å². The van der Waals surface area contributed by atoms with Crippen LogP contribution in [0.4, 0.5) is 4.39 Å². The monoisotopic (exact) mass is 347 g/mol. The third-order valence-electron chi connectivity index (χ3n) is 4.43. The molecule has 0 aromatic heterocycles. The van der Waals surface area contributed by atoms with Crippen LogP contribution in [0.5, 0.6) is 0 Å². The first-order valence-electron chi connectivity index (χ1n) is 7.38. The van der Waals surface area contributed by atoms with Crippen LogP contribution >= 0.6 is 15.9 Å². The lowest BCUT2D eigenvalue weighted by atomic mass is 9.76. The van der Waals surface area contributed by atoms with Crippen LogP contribution in [0.1, 0.15) is 34.9 Å². The van der Waals surface area contributed by atoms with Crippen molar-refractivity contribution in [2.24, 2.45) is 0 Å². The summed E-state index contributed by atoms with van der Waals surface area (Å²) in [6, 6.07) is 13.5. The zero-order valence-corrected chi connectivity index (χ0v) is 13.7.